The van der Waals surface area contributed by atoms with Crippen LogP contribution in [-0.4, -0.2) is 15.0 Å². The second kappa shape index (κ2) is 8.05. The van der Waals surface area contributed by atoms with Gasteiger partial charge in [0.2, 0.25) is 0 Å². The summed E-state index contributed by atoms with van der Waals surface area (Å²) in [5, 5.41) is 0. The van der Waals surface area contributed by atoms with E-state index in [-0.39, 0.29) is 12.1 Å². The van der Waals surface area contributed by atoms with E-state index in [1.165, 1.54) is 11.8 Å². The van der Waals surface area contributed by atoms with E-state index in [4.69, 9.17) is 4.74 Å². The molecule has 0 radical (unpaired) electrons. The van der Waals surface area contributed by atoms with Gasteiger partial charge in [-0.3, -0.25) is 4.98 Å². The predicted molar refractivity (Wildman–Crippen MR) is 106 cm³/mol. The van der Waals surface area contributed by atoms with Crippen LogP contribution >= 0.6 is 11.8 Å². The number of fused-ring (bicyclic) bond motifs is 1. The highest BCUT2D eigenvalue weighted by molar-refractivity contribution is 7.99. The first kappa shape index (κ1) is 22.0. The van der Waals surface area contributed by atoms with Crippen molar-refractivity contribution < 1.29 is 31.1 Å². The lowest BCUT2D eigenvalue weighted by atomic mass is 10.1. The Balaban J connectivity index is 1.68. The van der Waals surface area contributed by atoms with Gasteiger partial charge in [-0.2, -0.15) is 31.3 Å². The Labute approximate surface area is 181 Å². The third-order valence-corrected chi connectivity index (χ3v) is 5.66. The molecule has 2 aromatic carbocycles. The molecule has 0 aliphatic heterocycles. The second-order valence-electron chi connectivity index (χ2n) is 6.76. The van der Waals surface area contributed by atoms with Crippen molar-refractivity contribution in [2.24, 2.45) is 0 Å². The maximum absolute atomic E-state index is 13.1. The molecule has 32 heavy (non-hydrogen) atoms. The Hall–Kier alpha value is -3.21. The maximum atomic E-state index is 13.1. The molecule has 4 nitrogen and oxygen atoms in total. The second-order valence-corrected chi connectivity index (χ2v) is 7.87. The van der Waals surface area contributed by atoms with Gasteiger partial charge in [-0.25, -0.2) is 0 Å². The largest absolute Gasteiger partial charge is 0.426 e. The molecule has 2 heterocycles. The summed E-state index contributed by atoms with van der Waals surface area (Å²) >= 11 is 1.47. The fourth-order valence-electron chi connectivity index (χ4n) is 2.96. The van der Waals surface area contributed by atoms with Crippen LogP contribution in [0.15, 0.2) is 64.6 Å². The molecule has 0 unspecified atom stereocenters. The van der Waals surface area contributed by atoms with Crippen molar-refractivity contribution in [3.8, 4) is 11.8 Å². The van der Waals surface area contributed by atoms with Crippen LogP contribution < -0.4 is 4.74 Å². The molecule has 0 amide bonds. The van der Waals surface area contributed by atoms with Gasteiger partial charge in [0.1, 0.15) is 5.75 Å². The average Bonchev–Trinajstić information content (AvgIpc) is 3.13. The molecule has 0 aliphatic rings. The number of nitrogens with one attached hydrogen (secondary N) is 1. The molecule has 1 N–H and O–H groups in total. The molecule has 0 saturated carbocycles. The molecule has 0 atom stereocenters. The normalized spacial score (nSPS) is 12.3. The number of alkyl halides is 6. The minimum absolute atomic E-state index is 0.0399. The number of aromatic amines is 1. The number of hydrogen-bond donors (Lipinski definition) is 1. The Morgan fingerprint density at radius 2 is 1.50 bits per heavy atom. The van der Waals surface area contributed by atoms with Gasteiger partial charge < -0.3 is 9.72 Å². The SMILES string of the molecule is Cc1c(Sc2ccncc2)ccc2[nH]c(Oc3cc(C(F)(F)F)cc(C(F)(F)F)c3)nc12. The van der Waals surface area contributed by atoms with Gasteiger partial charge in [0.25, 0.3) is 6.01 Å². The molecule has 0 spiro atoms. The van der Waals surface area contributed by atoms with E-state index in [9.17, 15) is 26.3 Å². The lowest BCUT2D eigenvalue weighted by molar-refractivity contribution is -0.143. The molecule has 4 rings (SSSR count). The number of H-pyrrole nitrogens is 1. The van der Waals surface area contributed by atoms with Crippen LogP contribution in [-0.2, 0) is 12.4 Å². The highest BCUT2D eigenvalue weighted by atomic mass is 32.2. The lowest BCUT2D eigenvalue weighted by Crippen LogP contribution is -2.11. The molecule has 11 heteroatoms. The molecule has 166 valence electrons. The zero-order chi connectivity index (χ0) is 23.1. The topological polar surface area (TPSA) is 50.8 Å². The van der Waals surface area contributed by atoms with Crippen LogP contribution in [0.5, 0.6) is 11.8 Å². The Morgan fingerprint density at radius 1 is 0.875 bits per heavy atom. The molecule has 4 aromatic rings. The van der Waals surface area contributed by atoms with E-state index >= 15 is 0 Å². The highest BCUT2D eigenvalue weighted by Crippen LogP contribution is 2.39. The van der Waals surface area contributed by atoms with E-state index < -0.39 is 29.2 Å². The van der Waals surface area contributed by atoms with Crippen molar-refractivity contribution in [1.82, 2.24) is 15.0 Å². The van der Waals surface area contributed by atoms with E-state index in [1.807, 2.05) is 25.1 Å². The van der Waals surface area contributed by atoms with Crippen LogP contribution in [0.1, 0.15) is 16.7 Å². The molecule has 0 bridgehead atoms. The van der Waals surface area contributed by atoms with Crippen LogP contribution in [0.3, 0.4) is 0 Å². The summed E-state index contributed by atoms with van der Waals surface area (Å²) in [5.41, 5.74) is -1.14. The first-order valence-electron chi connectivity index (χ1n) is 9.05. The number of aromatic nitrogens is 3. The van der Waals surface area contributed by atoms with Gasteiger partial charge in [0.15, 0.2) is 0 Å². The summed E-state index contributed by atoms with van der Waals surface area (Å²) in [6, 6.07) is 8.02. The number of halogens is 6. The fourth-order valence-corrected chi connectivity index (χ4v) is 3.86. The van der Waals surface area contributed by atoms with Crippen LogP contribution in [0, 0.1) is 6.92 Å². The van der Waals surface area contributed by atoms with Gasteiger partial charge >= 0.3 is 12.4 Å². The first-order valence-corrected chi connectivity index (χ1v) is 9.87. The minimum Gasteiger partial charge on any atom is -0.426 e. The van der Waals surface area contributed by atoms with E-state index in [2.05, 4.69) is 15.0 Å². The van der Waals surface area contributed by atoms with E-state index in [1.54, 1.807) is 18.5 Å². The number of hydrogen-bond acceptors (Lipinski definition) is 4. The molecular weight excluding hydrogens is 456 g/mol. The van der Waals surface area contributed by atoms with Crippen molar-refractivity contribution in [3.05, 3.63) is 71.5 Å². The summed E-state index contributed by atoms with van der Waals surface area (Å²) < 4.78 is 83.7. The number of benzene rings is 2. The summed E-state index contributed by atoms with van der Waals surface area (Å²) in [6.07, 6.45) is -6.63. The van der Waals surface area contributed by atoms with Gasteiger partial charge in [-0.05, 0) is 55.0 Å². The number of nitrogens with zero attached hydrogens (tertiary/aromatic N) is 2. The van der Waals surface area contributed by atoms with Crippen molar-refractivity contribution in [1.29, 1.82) is 0 Å². The number of ether oxygens (including phenoxy) is 1. The molecule has 2 aromatic heterocycles. The fraction of sp³-hybridized carbons (Fsp3) is 0.143. The van der Waals surface area contributed by atoms with Gasteiger partial charge in [-0.1, -0.05) is 11.8 Å². The van der Waals surface area contributed by atoms with Gasteiger partial charge in [-0.15, -0.1) is 0 Å². The van der Waals surface area contributed by atoms with E-state index in [0.29, 0.717) is 23.2 Å². The van der Waals surface area contributed by atoms with Crippen LogP contribution in [0.4, 0.5) is 26.3 Å². The standard InChI is InChI=1S/C21H13F6N3OS/c1-11-17(32-15-4-6-28-7-5-15)3-2-16-18(11)30-19(29-16)31-14-9-12(20(22,23)24)8-13(10-14)21(25,26)27/h2-10H,1H3,(H,29,30). The molecule has 0 saturated heterocycles. The quantitative estimate of drug-likeness (QED) is 0.320. The molecular formula is C21H13F6N3OS. The number of aryl methyl sites for hydroxylation is 1. The number of rotatable bonds is 4. The summed E-state index contributed by atoms with van der Waals surface area (Å²) in [4.78, 5) is 12.8. The van der Waals surface area contributed by atoms with Crippen molar-refractivity contribution in [2.75, 3.05) is 0 Å². The Morgan fingerprint density at radius 3 is 2.09 bits per heavy atom. The van der Waals surface area contributed by atoms with Crippen molar-refractivity contribution in [2.45, 2.75) is 29.1 Å². The molecule has 0 fully saturated rings. The van der Waals surface area contributed by atoms with Gasteiger partial charge in [0, 0.05) is 22.2 Å². The summed E-state index contributed by atoms with van der Waals surface area (Å²) in [7, 11) is 0. The van der Waals surface area contributed by atoms with Crippen LogP contribution in [0.25, 0.3) is 11.0 Å². The smallest absolute Gasteiger partial charge is 0.416 e. The Kier molecular flexibility index (Phi) is 5.53. The third kappa shape index (κ3) is 4.67. The predicted octanol–water partition coefficient (Wildman–Crippen LogP) is 7.25. The lowest BCUT2D eigenvalue weighted by Gasteiger charge is -2.13. The average molecular weight is 469 g/mol. The maximum Gasteiger partial charge on any atom is 0.416 e. The summed E-state index contributed by atoms with van der Waals surface area (Å²) in [5.74, 6) is -0.629. The highest BCUT2D eigenvalue weighted by Gasteiger charge is 2.37. The first-order chi connectivity index (χ1) is 15.0. The zero-order valence-corrected chi connectivity index (χ0v) is 17.0. The number of pyridine rings is 1. The monoisotopic (exact) mass is 469 g/mol. The zero-order valence-electron chi connectivity index (χ0n) is 16.2. The summed E-state index contributed by atoms with van der Waals surface area (Å²) in [6.45, 7) is 1.81. The molecule has 0 aliphatic carbocycles. The van der Waals surface area contributed by atoms with Crippen molar-refractivity contribution >= 4 is 22.8 Å². The van der Waals surface area contributed by atoms with E-state index in [0.717, 1.165) is 15.4 Å². The van der Waals surface area contributed by atoms with Gasteiger partial charge in [0.05, 0.1) is 22.2 Å². The number of imidazole rings is 1. The Bertz CT molecular complexity index is 1240. The van der Waals surface area contributed by atoms with Crippen molar-refractivity contribution in [3.63, 3.8) is 0 Å². The third-order valence-electron chi connectivity index (χ3n) is 4.49. The van der Waals surface area contributed by atoms with Crippen LogP contribution in [0.2, 0.25) is 0 Å². The minimum atomic E-state index is -4.97.